The largest absolute Gasteiger partial charge is 0.573 e. The predicted molar refractivity (Wildman–Crippen MR) is 99.2 cm³/mol. The summed E-state index contributed by atoms with van der Waals surface area (Å²) in [5.74, 6) is 0.334. The van der Waals surface area contributed by atoms with Gasteiger partial charge >= 0.3 is 6.36 Å². The van der Waals surface area contributed by atoms with Crippen LogP contribution in [0.4, 0.5) is 18.9 Å². The molecule has 25 heavy (non-hydrogen) atoms. The molecule has 0 amide bonds. The highest BCUT2D eigenvalue weighted by Gasteiger charge is 2.59. The van der Waals surface area contributed by atoms with Crippen LogP contribution in [-0.2, 0) is 4.74 Å². The highest BCUT2D eigenvalue weighted by atomic mass is 127. The first-order chi connectivity index (χ1) is 11.2. The zero-order chi connectivity index (χ0) is 17.5. The number of nitrogens with zero attached hydrogens (tertiary/aromatic N) is 1. The van der Waals surface area contributed by atoms with E-state index in [1.165, 1.54) is 24.3 Å². The van der Waals surface area contributed by atoms with Gasteiger partial charge in [0, 0.05) is 23.6 Å². The molecule has 2 aliphatic rings. The Morgan fingerprint density at radius 1 is 1.32 bits per heavy atom. The Morgan fingerprint density at radius 2 is 1.96 bits per heavy atom. The van der Waals surface area contributed by atoms with Crippen molar-refractivity contribution in [1.29, 1.82) is 0 Å². The molecule has 0 bridgehead atoms. The summed E-state index contributed by atoms with van der Waals surface area (Å²) < 4.78 is 45.9. The van der Waals surface area contributed by atoms with Gasteiger partial charge in [-0.3, -0.25) is 0 Å². The summed E-state index contributed by atoms with van der Waals surface area (Å²) in [5, 5.41) is 2.90. The molecule has 1 aliphatic carbocycles. The Morgan fingerprint density at radius 3 is 2.56 bits per heavy atom. The number of nitrogens with two attached hydrogens (primary N) is 1. The van der Waals surface area contributed by atoms with Gasteiger partial charge in [0.05, 0.1) is 12.1 Å². The smallest absolute Gasteiger partial charge is 0.406 e. The van der Waals surface area contributed by atoms with Gasteiger partial charge < -0.3 is 20.5 Å². The third-order valence-corrected chi connectivity index (χ3v) is 4.68. The molecule has 2 fully saturated rings. The first kappa shape index (κ1) is 20.1. The monoisotopic (exact) mass is 471 g/mol. The molecule has 1 aliphatic heterocycles. The van der Waals surface area contributed by atoms with Crippen molar-refractivity contribution >= 4 is 35.6 Å². The lowest BCUT2D eigenvalue weighted by atomic mass is 9.57. The average Bonchev–Trinajstić information content (AvgIpc) is 2.92. The first-order valence-corrected chi connectivity index (χ1v) is 7.74. The molecule has 3 rings (SSSR count). The minimum atomic E-state index is -4.70. The van der Waals surface area contributed by atoms with Gasteiger partial charge in [0.2, 0.25) is 0 Å². The fourth-order valence-electron chi connectivity index (χ4n) is 3.63. The number of rotatable bonds is 3. The molecule has 9 heteroatoms. The SMILES string of the molecule is CC1(C)C(N=C(N)Nc2ccc(OC(F)(F)F)cc2)C2CCOC21.I. The number of halogens is 4. The molecular weight excluding hydrogens is 450 g/mol. The van der Waals surface area contributed by atoms with E-state index in [2.05, 4.69) is 28.9 Å². The number of aliphatic imine (C=N–C) groups is 1. The molecule has 3 atom stereocenters. The standard InChI is InChI=1S/C16H20F3N3O2.HI/c1-15(2)12(11-7-8-23-13(11)15)22-14(20)21-9-3-5-10(6-4-9)24-16(17,18)19;/h3-6,11-13H,7-8H2,1-2H3,(H3,20,21,22);1H. The number of guanidine groups is 1. The third-order valence-electron chi connectivity index (χ3n) is 4.68. The predicted octanol–water partition coefficient (Wildman–Crippen LogP) is 3.74. The van der Waals surface area contributed by atoms with Crippen molar-refractivity contribution in [1.82, 2.24) is 0 Å². The molecule has 5 nitrogen and oxygen atoms in total. The number of ether oxygens (including phenoxy) is 2. The Labute approximate surface area is 161 Å². The van der Waals surface area contributed by atoms with Crippen LogP contribution in [0.1, 0.15) is 20.3 Å². The van der Waals surface area contributed by atoms with Crippen molar-refractivity contribution in [2.45, 2.75) is 38.8 Å². The summed E-state index contributed by atoms with van der Waals surface area (Å²) in [4.78, 5) is 4.55. The second-order valence-corrected chi connectivity index (χ2v) is 6.72. The van der Waals surface area contributed by atoms with Crippen molar-refractivity contribution in [3.05, 3.63) is 24.3 Å². The quantitative estimate of drug-likeness (QED) is 0.401. The van der Waals surface area contributed by atoms with Gasteiger partial charge in [0.15, 0.2) is 5.96 Å². The molecule has 0 radical (unpaired) electrons. The zero-order valence-electron chi connectivity index (χ0n) is 13.8. The zero-order valence-corrected chi connectivity index (χ0v) is 16.2. The van der Waals surface area contributed by atoms with Crippen molar-refractivity contribution in [2.75, 3.05) is 11.9 Å². The van der Waals surface area contributed by atoms with Crippen LogP contribution in [0.15, 0.2) is 29.3 Å². The average molecular weight is 471 g/mol. The van der Waals surface area contributed by atoms with Crippen LogP contribution in [0.5, 0.6) is 5.75 Å². The minimum Gasteiger partial charge on any atom is -0.406 e. The maximum Gasteiger partial charge on any atom is 0.573 e. The molecule has 1 saturated heterocycles. The molecule has 0 aromatic heterocycles. The number of hydrogen-bond acceptors (Lipinski definition) is 3. The van der Waals surface area contributed by atoms with E-state index < -0.39 is 6.36 Å². The minimum absolute atomic E-state index is 0. The van der Waals surface area contributed by atoms with E-state index >= 15 is 0 Å². The van der Waals surface area contributed by atoms with Crippen molar-refractivity contribution in [3.63, 3.8) is 0 Å². The number of fused-ring (bicyclic) bond motifs is 1. The Hall–Kier alpha value is -1.23. The molecule has 140 valence electrons. The van der Waals surface area contributed by atoms with Crippen molar-refractivity contribution in [2.24, 2.45) is 22.1 Å². The summed E-state index contributed by atoms with van der Waals surface area (Å²) in [7, 11) is 0. The lowest BCUT2D eigenvalue weighted by molar-refractivity contribution is -0.274. The van der Waals surface area contributed by atoms with Crippen LogP contribution in [0.3, 0.4) is 0 Å². The molecule has 1 aromatic rings. The topological polar surface area (TPSA) is 68.9 Å². The third kappa shape index (κ3) is 4.30. The summed E-state index contributed by atoms with van der Waals surface area (Å²) in [6.07, 6.45) is -3.51. The van der Waals surface area contributed by atoms with E-state index in [0.717, 1.165) is 13.0 Å². The maximum absolute atomic E-state index is 12.1. The molecule has 0 spiro atoms. The van der Waals surface area contributed by atoms with Crippen LogP contribution in [0, 0.1) is 11.3 Å². The van der Waals surface area contributed by atoms with E-state index in [1.54, 1.807) is 0 Å². The molecular formula is C16H21F3IN3O2. The second kappa shape index (κ2) is 7.18. The fourth-order valence-corrected chi connectivity index (χ4v) is 3.63. The Kier molecular flexibility index (Phi) is 5.77. The Balaban J connectivity index is 0.00000225. The van der Waals surface area contributed by atoms with Crippen LogP contribution < -0.4 is 15.8 Å². The van der Waals surface area contributed by atoms with E-state index in [0.29, 0.717) is 11.6 Å². The molecule has 1 aromatic carbocycles. The molecule has 3 unspecified atom stereocenters. The lowest BCUT2D eigenvalue weighted by Gasteiger charge is -2.52. The van der Waals surface area contributed by atoms with Crippen LogP contribution in [-0.4, -0.2) is 31.1 Å². The van der Waals surface area contributed by atoms with Gasteiger partial charge in [0.25, 0.3) is 0 Å². The first-order valence-electron chi connectivity index (χ1n) is 7.74. The van der Waals surface area contributed by atoms with E-state index in [-0.39, 0.29) is 53.2 Å². The van der Waals surface area contributed by atoms with Crippen LogP contribution >= 0.6 is 24.0 Å². The van der Waals surface area contributed by atoms with Gasteiger partial charge in [-0.2, -0.15) is 0 Å². The number of anilines is 1. The van der Waals surface area contributed by atoms with Crippen LogP contribution in [0.2, 0.25) is 0 Å². The van der Waals surface area contributed by atoms with E-state index in [1.807, 2.05) is 0 Å². The lowest BCUT2D eigenvalue weighted by Crippen LogP contribution is -2.59. The van der Waals surface area contributed by atoms with Crippen molar-refractivity contribution < 1.29 is 22.6 Å². The molecule has 3 N–H and O–H groups in total. The molecule has 1 heterocycles. The van der Waals surface area contributed by atoms with E-state index in [9.17, 15) is 13.2 Å². The number of alkyl halides is 3. The van der Waals surface area contributed by atoms with Gasteiger partial charge in [0.1, 0.15) is 5.75 Å². The van der Waals surface area contributed by atoms with Gasteiger partial charge in [-0.05, 0) is 30.7 Å². The second-order valence-electron chi connectivity index (χ2n) is 6.72. The summed E-state index contributed by atoms with van der Waals surface area (Å²) in [6.45, 7) is 4.95. The maximum atomic E-state index is 12.1. The summed E-state index contributed by atoms with van der Waals surface area (Å²) in [6, 6.07) is 5.42. The van der Waals surface area contributed by atoms with Gasteiger partial charge in [-0.15, -0.1) is 37.1 Å². The number of benzene rings is 1. The van der Waals surface area contributed by atoms with E-state index in [4.69, 9.17) is 10.5 Å². The fraction of sp³-hybridized carbons (Fsp3) is 0.562. The number of nitrogens with one attached hydrogen (secondary N) is 1. The van der Waals surface area contributed by atoms with Crippen molar-refractivity contribution in [3.8, 4) is 5.75 Å². The summed E-state index contributed by atoms with van der Waals surface area (Å²) in [5.41, 5.74) is 6.42. The normalized spacial score (nSPS) is 27.7. The summed E-state index contributed by atoms with van der Waals surface area (Å²) >= 11 is 0. The Bertz CT molecular complexity index is 635. The highest BCUT2D eigenvalue weighted by Crippen LogP contribution is 2.53. The van der Waals surface area contributed by atoms with Gasteiger partial charge in [-0.25, -0.2) is 4.99 Å². The molecule has 1 saturated carbocycles. The van der Waals surface area contributed by atoms with Gasteiger partial charge in [-0.1, -0.05) is 13.8 Å². The van der Waals surface area contributed by atoms with Crippen LogP contribution in [0.25, 0.3) is 0 Å². The highest BCUT2D eigenvalue weighted by molar-refractivity contribution is 14.0. The number of hydrogen-bond donors (Lipinski definition) is 2.